The molecule has 2 aromatic carbocycles. The van der Waals surface area contributed by atoms with E-state index in [-0.39, 0.29) is 91.7 Å². The molecule has 0 amide bonds. The monoisotopic (exact) mass is 2080 g/mol. The average Bonchev–Trinajstić information content (AvgIpc) is 1.63. The van der Waals surface area contributed by atoms with Crippen molar-refractivity contribution in [2.24, 2.45) is 0 Å². The molecule has 140 heavy (non-hydrogen) atoms. The van der Waals surface area contributed by atoms with Crippen molar-refractivity contribution < 1.29 is 145 Å². The van der Waals surface area contributed by atoms with E-state index in [1.165, 1.54) is 34.8 Å². The third-order valence-corrected chi connectivity index (χ3v) is 29.0. The number of aryl methyl sites for hydroxylation is 1. The molecule has 17 heterocycles. The number of H-pyrrole nitrogens is 5. The van der Waals surface area contributed by atoms with Crippen LogP contribution in [0, 0.1) is 6.92 Å². The molecule has 13 aromatic rings. The summed E-state index contributed by atoms with van der Waals surface area (Å²) < 4.78 is 197. The van der Waals surface area contributed by atoms with Crippen molar-refractivity contribution >= 4 is 143 Å². The zero-order valence-corrected chi connectivity index (χ0v) is 76.9. The third kappa shape index (κ3) is 20.7. The summed E-state index contributed by atoms with van der Waals surface area (Å²) in [5.74, 6) is -1.61. The minimum atomic E-state index is -5.72. The lowest BCUT2D eigenvalue weighted by Crippen LogP contribution is -2.33. The number of fused-ring (bicyclic) bond motifs is 6. The second-order valence-electron chi connectivity index (χ2n) is 32.3. The molecule has 0 aliphatic carbocycles. The first kappa shape index (κ1) is 97.4. The van der Waals surface area contributed by atoms with Gasteiger partial charge in [-0.3, -0.25) is 131 Å². The van der Waals surface area contributed by atoms with Gasteiger partial charge < -0.3 is 91.2 Å². The van der Waals surface area contributed by atoms with Crippen LogP contribution in [-0.4, -0.2) is 255 Å². The number of ether oxygens (including phenoxy) is 6. The predicted octanol–water partition coefficient (Wildman–Crippen LogP) is 0.0748. The number of aliphatic hydroxyl groups excluding tert-OH is 1. The van der Waals surface area contributed by atoms with Crippen molar-refractivity contribution in [2.45, 2.75) is 156 Å². The molecule has 19 rings (SSSR count). The maximum absolute atomic E-state index is 14.8. The number of aromatic nitrogens is 22. The van der Waals surface area contributed by atoms with Crippen molar-refractivity contribution in [3.05, 3.63) is 154 Å². The molecule has 0 radical (unpaired) electrons. The van der Waals surface area contributed by atoms with Gasteiger partial charge in [0.15, 0.2) is 56.1 Å². The Hall–Kier alpha value is -11.5. The second-order valence-corrected chi connectivity index (χ2v) is 40.7. The lowest BCUT2D eigenvalue weighted by molar-refractivity contribution is -0.0638. The summed E-state index contributed by atoms with van der Waals surface area (Å²) in [5.41, 5.74) is 23.3. The Morgan fingerprint density at radius 1 is 0.364 bits per heavy atom. The quantitative estimate of drug-likeness (QED) is 0.0231. The summed E-state index contributed by atoms with van der Waals surface area (Å²) in [6.45, 7) is -4.88. The highest BCUT2D eigenvalue weighted by Crippen LogP contribution is 2.58. The smallest absolute Gasteiger partial charge is 0.403 e. The van der Waals surface area contributed by atoms with E-state index in [4.69, 9.17) is 111 Å². The number of nitrogens with zero attached hydrogens (tertiary/aromatic N) is 17. The number of phosphoric ester groups is 6. The molecule has 11 aromatic heterocycles. The van der Waals surface area contributed by atoms with E-state index in [0.717, 1.165) is 49.8 Å². The van der Waals surface area contributed by atoms with Crippen LogP contribution in [0.2, 0.25) is 0 Å². The van der Waals surface area contributed by atoms with Gasteiger partial charge in [-0.25, -0.2) is 67.1 Å². The van der Waals surface area contributed by atoms with Crippen LogP contribution in [-0.2, 0) is 106 Å². The van der Waals surface area contributed by atoms with Gasteiger partial charge >= 0.3 is 52.6 Å². The van der Waals surface area contributed by atoms with Gasteiger partial charge in [-0.15, -0.1) is 0 Å². The fourth-order valence-corrected chi connectivity index (χ4v) is 22.2. The number of benzene rings is 2. The highest BCUT2D eigenvalue weighted by Gasteiger charge is 2.53. The van der Waals surface area contributed by atoms with Gasteiger partial charge in [0.1, 0.15) is 122 Å². The number of rotatable bonds is 36. The van der Waals surface area contributed by atoms with Gasteiger partial charge in [-0.2, -0.15) is 19.9 Å². The number of imidazole rings is 5. The molecule has 24 unspecified atom stereocenters. The van der Waals surface area contributed by atoms with Crippen LogP contribution in [0.15, 0.2) is 115 Å². The molecule has 748 valence electrons. The fraction of sp³-hybridized carbons (Fsp3) is 0.443. The Bertz CT molecular complexity index is 7680. The van der Waals surface area contributed by atoms with Crippen molar-refractivity contribution in [1.29, 1.82) is 0 Å². The number of hydrogen-bond acceptors (Lipinski definition) is 47. The van der Waals surface area contributed by atoms with E-state index in [2.05, 4.69) is 79.7 Å². The first-order valence-corrected chi connectivity index (χ1v) is 50.6. The van der Waals surface area contributed by atoms with Gasteiger partial charge in [-0.1, -0.05) is 36.4 Å². The first-order valence-electron chi connectivity index (χ1n) is 41.7. The summed E-state index contributed by atoms with van der Waals surface area (Å²) >= 11 is 0. The Balaban J connectivity index is 0.551. The van der Waals surface area contributed by atoms with Crippen molar-refractivity contribution in [3.63, 3.8) is 0 Å². The van der Waals surface area contributed by atoms with Gasteiger partial charge in [0, 0.05) is 55.7 Å². The fourth-order valence-electron chi connectivity index (χ4n) is 16.6. The molecule has 22 N–H and O–H groups in total. The summed E-state index contributed by atoms with van der Waals surface area (Å²) in [5, 5.41) is 12.1. The minimum Gasteiger partial charge on any atom is -0.403 e. The van der Waals surface area contributed by atoms with Gasteiger partial charge in [0.25, 0.3) is 27.8 Å². The molecule has 70 heteroatoms. The zero-order chi connectivity index (χ0) is 98.7. The van der Waals surface area contributed by atoms with E-state index in [9.17, 15) is 90.6 Å². The van der Waals surface area contributed by atoms with E-state index in [1.807, 2.05) is 0 Å². The van der Waals surface area contributed by atoms with Crippen molar-refractivity contribution in [1.82, 2.24) is 107 Å². The Kier molecular flexibility index (Phi) is 26.5. The topological polar surface area (TPSA) is 893 Å². The summed E-state index contributed by atoms with van der Waals surface area (Å²) in [7, 11) is -33.1. The number of aliphatic hydroxyl groups is 1. The second kappa shape index (κ2) is 38.1. The molecule has 6 saturated heterocycles. The van der Waals surface area contributed by atoms with Gasteiger partial charge in [0.2, 0.25) is 23.8 Å². The zero-order valence-electron chi connectivity index (χ0n) is 71.5. The molecule has 6 aliphatic heterocycles. The number of nitrogens with two attached hydrogens (primary N) is 5. The number of nitrogen functional groups attached to an aromatic ring is 5. The number of aromatic amines is 5. The highest BCUT2D eigenvalue weighted by molar-refractivity contribution is 7.49. The molecule has 6 fully saturated rings. The number of anilines is 5. The van der Waals surface area contributed by atoms with Crippen LogP contribution >= 0.6 is 46.9 Å². The van der Waals surface area contributed by atoms with Crippen LogP contribution in [0.3, 0.4) is 0 Å². The maximum Gasteiger partial charge on any atom is 0.527 e. The van der Waals surface area contributed by atoms with Gasteiger partial charge in [0.05, 0.1) is 77.4 Å². The van der Waals surface area contributed by atoms with Crippen LogP contribution in [0.5, 0.6) is 5.75 Å². The molecule has 0 spiro atoms. The molecule has 64 nitrogen and oxygen atoms in total. The Morgan fingerprint density at radius 2 is 0.671 bits per heavy atom. The number of nitrogens with one attached hydrogen (secondary N) is 5. The van der Waals surface area contributed by atoms with Crippen LogP contribution in [0.1, 0.15) is 81.5 Å². The van der Waals surface area contributed by atoms with Crippen LogP contribution in [0.4, 0.5) is 29.6 Å². The standard InChI is InChI=1S/C70H81N27O37P6/c1-28-15-92(70(104)91-61(28)99)45-10-33(39(124-45)17-118-135(105,106)129-32-8-4-6-29-5-2-3-7-30(29)32)130-137(109,110)120-19-41-35(12-47(126-41)95-25-80-52-58(95)84-67(73)88-63(52)101)133-139(113,114)122-21-43-37(14-49(128-43)97-27-82-54-60(97)86-69(75)90-65(54)103)134-140(115,116)121-20-42-36(13-48(127-42)96-26-81-53-59(96)85-68(74)89-64(53)102)132-138(111,112)119-18-40-34(11-46(125-40)93-23-78-50-55(71)76-22-77-56(50)93)131-136(107,108)117-16-38-31(98)9-44(123-38)94-24-79-51-57(94)83-66(72)87-62(51)100/h2-8,15,22-27,31,33-49,98H,9-14,16-21H2,1H3,(H,105,106)(H,107,108)(H,109,110)(H,111,112)(H,113,114)(H,115,116)(H2,71,76,77)(H,91,99,104)(H3,72,83,87,100)(H3,73,84,88,101)(H3,74,85,89,102)(H3,75,86,90,103). The SMILES string of the molecule is Cc1cn(C2CC(OP(=O)(O)OCC3OC(n4cnc5c(=O)[nH]c(N)nc54)CC3OP(=O)(O)OCC3OC(n4cnc5c(=O)[nH]c(N)nc54)CC3OP(=O)(O)OCC3OC(n4cnc5c(=O)[nH]c(N)nc54)CC3OP(=O)(O)OCC3OC(n4cnc5c(N)ncnc54)CC3OP(=O)(O)OCC3OC(n4cnc5c(=O)[nH]c(N)nc54)CC3O)C(COP(=O)(O)Oc3cccc4ccccc34)O2)c(=O)[nH]c1=O. The lowest BCUT2D eigenvalue weighted by Gasteiger charge is -2.26. The molecule has 0 bridgehead atoms. The van der Waals surface area contributed by atoms with E-state index < -0.39 is 274 Å². The predicted molar refractivity (Wildman–Crippen MR) is 467 cm³/mol. The van der Waals surface area contributed by atoms with Gasteiger partial charge in [-0.05, 0) is 18.4 Å². The largest absolute Gasteiger partial charge is 0.527 e. The summed E-state index contributed by atoms with van der Waals surface area (Å²) in [6, 6.07) is 11.3. The van der Waals surface area contributed by atoms with Crippen molar-refractivity contribution in [2.75, 3.05) is 68.3 Å². The van der Waals surface area contributed by atoms with Crippen molar-refractivity contribution in [3.8, 4) is 5.75 Å². The normalized spacial score (nSPS) is 27.7. The molecule has 24 atom stereocenters. The lowest BCUT2D eigenvalue weighted by atomic mass is 10.1. The molecular weight excluding hydrogens is 2000 g/mol. The number of phosphoric acid groups is 6. The van der Waals surface area contributed by atoms with E-state index in [1.54, 1.807) is 36.4 Å². The highest BCUT2D eigenvalue weighted by atomic mass is 31.2. The Labute approximate surface area is 776 Å². The average molecular weight is 2080 g/mol. The summed E-state index contributed by atoms with van der Waals surface area (Å²) in [6.07, 6.45) is -23.2. The number of hydrogen-bond donors (Lipinski definition) is 17. The maximum atomic E-state index is 14.8. The molecular formula is C70H81N27O37P6. The first-order chi connectivity index (χ1) is 66.5. The summed E-state index contributed by atoms with van der Waals surface area (Å²) in [4.78, 5) is 204. The van der Waals surface area contributed by atoms with Crippen LogP contribution in [0.25, 0.3) is 66.6 Å². The Morgan fingerprint density at radius 3 is 1.04 bits per heavy atom. The van der Waals surface area contributed by atoms with E-state index in [0.29, 0.717) is 10.8 Å². The third-order valence-electron chi connectivity index (χ3n) is 23.0. The minimum absolute atomic E-state index is 0.00430. The van der Waals surface area contributed by atoms with E-state index >= 15 is 0 Å². The molecule has 6 aliphatic rings. The van der Waals surface area contributed by atoms with Crippen LogP contribution < -0.4 is 66.7 Å². The molecule has 0 saturated carbocycles.